The second-order valence-corrected chi connectivity index (χ2v) is 6.50. The first-order valence-corrected chi connectivity index (χ1v) is 8.18. The Morgan fingerprint density at radius 3 is 3.05 bits per heavy atom. The molecule has 0 unspecified atom stereocenters. The minimum absolute atomic E-state index is 0.368. The first kappa shape index (κ1) is 14.1. The normalized spacial score (nSPS) is 18.9. The quantitative estimate of drug-likeness (QED) is 0.756. The van der Waals surface area contributed by atoms with E-state index >= 15 is 0 Å². The third-order valence-electron chi connectivity index (χ3n) is 3.77. The van der Waals surface area contributed by atoms with Gasteiger partial charge in [0.25, 0.3) is 0 Å². The standard InChI is InChI=1S/C16H19IN2O/c1-3-20-13-6-7-19(10-13)16-8-11(2)18-15-9-12(17)4-5-14(15)16/h4-5,8-9,13H,3,6-7,10H2,1-2H3/t13-/m0/s1. The number of nitrogens with zero attached hydrogens (tertiary/aromatic N) is 2. The average Bonchev–Trinajstić information content (AvgIpc) is 2.86. The Morgan fingerprint density at radius 1 is 1.40 bits per heavy atom. The Balaban J connectivity index is 1.99. The molecule has 2 aromatic rings. The lowest BCUT2D eigenvalue weighted by molar-refractivity contribution is 0.0788. The summed E-state index contributed by atoms with van der Waals surface area (Å²) in [6, 6.07) is 8.69. The Morgan fingerprint density at radius 2 is 2.25 bits per heavy atom. The van der Waals surface area contributed by atoms with Gasteiger partial charge in [-0.05, 0) is 67.1 Å². The Hall–Kier alpha value is -0.880. The van der Waals surface area contributed by atoms with Crippen LogP contribution in [0.2, 0.25) is 0 Å². The van der Waals surface area contributed by atoms with Crippen molar-refractivity contribution in [1.82, 2.24) is 4.98 Å². The maximum atomic E-state index is 5.76. The van der Waals surface area contributed by atoms with Crippen LogP contribution in [-0.2, 0) is 4.74 Å². The van der Waals surface area contributed by atoms with Crippen LogP contribution in [0.5, 0.6) is 0 Å². The fourth-order valence-corrected chi connectivity index (χ4v) is 3.37. The largest absolute Gasteiger partial charge is 0.377 e. The maximum Gasteiger partial charge on any atom is 0.0766 e. The van der Waals surface area contributed by atoms with Crippen LogP contribution in [0, 0.1) is 10.5 Å². The summed E-state index contributed by atoms with van der Waals surface area (Å²) in [4.78, 5) is 7.10. The SMILES string of the molecule is CCO[C@H]1CCN(c2cc(C)nc3cc(I)ccc23)C1. The van der Waals surface area contributed by atoms with Gasteiger partial charge in [0.2, 0.25) is 0 Å². The van der Waals surface area contributed by atoms with Crippen molar-refractivity contribution in [3.05, 3.63) is 33.5 Å². The summed E-state index contributed by atoms with van der Waals surface area (Å²) in [6.07, 6.45) is 1.48. The molecule has 2 heterocycles. The highest BCUT2D eigenvalue weighted by atomic mass is 127. The van der Waals surface area contributed by atoms with Gasteiger partial charge in [-0.25, -0.2) is 0 Å². The average molecular weight is 382 g/mol. The molecule has 3 rings (SSSR count). The van der Waals surface area contributed by atoms with E-state index in [1.807, 2.05) is 0 Å². The predicted octanol–water partition coefficient (Wildman–Crippen LogP) is 3.76. The molecule has 0 amide bonds. The molecule has 0 N–H and O–H groups in total. The molecular formula is C16H19IN2O. The number of rotatable bonds is 3. The molecule has 3 nitrogen and oxygen atoms in total. The van der Waals surface area contributed by atoms with Crippen molar-refractivity contribution in [3.63, 3.8) is 0 Å². The van der Waals surface area contributed by atoms with Crippen molar-refractivity contribution in [2.24, 2.45) is 0 Å². The molecule has 0 radical (unpaired) electrons. The van der Waals surface area contributed by atoms with Crippen molar-refractivity contribution in [2.45, 2.75) is 26.4 Å². The van der Waals surface area contributed by atoms with Gasteiger partial charge in [0.1, 0.15) is 0 Å². The summed E-state index contributed by atoms with van der Waals surface area (Å²) in [6.45, 7) is 6.98. The van der Waals surface area contributed by atoms with Gasteiger partial charge in [-0.1, -0.05) is 0 Å². The van der Waals surface area contributed by atoms with Crippen LogP contribution in [0.3, 0.4) is 0 Å². The number of anilines is 1. The summed E-state index contributed by atoms with van der Waals surface area (Å²) < 4.78 is 6.99. The number of halogens is 1. The van der Waals surface area contributed by atoms with E-state index in [1.54, 1.807) is 0 Å². The fourth-order valence-electron chi connectivity index (χ4n) is 2.89. The predicted molar refractivity (Wildman–Crippen MR) is 91.4 cm³/mol. The van der Waals surface area contributed by atoms with E-state index in [0.717, 1.165) is 37.3 Å². The van der Waals surface area contributed by atoms with Gasteiger partial charge in [-0.3, -0.25) is 4.98 Å². The van der Waals surface area contributed by atoms with Crippen molar-refractivity contribution in [2.75, 3.05) is 24.6 Å². The summed E-state index contributed by atoms with van der Waals surface area (Å²) >= 11 is 2.34. The van der Waals surface area contributed by atoms with Gasteiger partial charge in [0.15, 0.2) is 0 Å². The number of aromatic nitrogens is 1. The molecule has 1 aliphatic rings. The first-order valence-electron chi connectivity index (χ1n) is 7.11. The Bertz CT molecular complexity index is 624. The van der Waals surface area contributed by atoms with E-state index < -0.39 is 0 Å². The van der Waals surface area contributed by atoms with E-state index in [4.69, 9.17) is 4.74 Å². The number of ether oxygens (including phenoxy) is 1. The molecule has 1 atom stereocenters. The minimum atomic E-state index is 0.368. The summed E-state index contributed by atoms with van der Waals surface area (Å²) in [7, 11) is 0. The van der Waals surface area contributed by atoms with Crippen molar-refractivity contribution in [1.29, 1.82) is 0 Å². The van der Waals surface area contributed by atoms with Gasteiger partial charge >= 0.3 is 0 Å². The number of aryl methyl sites for hydroxylation is 1. The van der Waals surface area contributed by atoms with E-state index in [2.05, 4.69) is 70.6 Å². The van der Waals surface area contributed by atoms with Gasteiger partial charge in [0, 0.05) is 40.0 Å². The third kappa shape index (κ3) is 2.76. The third-order valence-corrected chi connectivity index (χ3v) is 4.44. The minimum Gasteiger partial charge on any atom is -0.377 e. The molecule has 1 fully saturated rings. The molecule has 1 saturated heterocycles. The van der Waals surface area contributed by atoms with E-state index in [1.165, 1.54) is 14.6 Å². The van der Waals surface area contributed by atoms with Crippen LogP contribution in [0.4, 0.5) is 5.69 Å². The van der Waals surface area contributed by atoms with Crippen LogP contribution in [-0.4, -0.2) is 30.8 Å². The van der Waals surface area contributed by atoms with Crippen molar-refractivity contribution >= 4 is 39.2 Å². The summed E-state index contributed by atoms with van der Waals surface area (Å²) in [5, 5.41) is 1.24. The van der Waals surface area contributed by atoms with Crippen LogP contribution < -0.4 is 4.90 Å². The van der Waals surface area contributed by atoms with E-state index in [-0.39, 0.29) is 0 Å². The molecule has 20 heavy (non-hydrogen) atoms. The molecule has 0 saturated carbocycles. The van der Waals surface area contributed by atoms with Crippen LogP contribution in [0.25, 0.3) is 10.9 Å². The lowest BCUT2D eigenvalue weighted by Gasteiger charge is -2.21. The lowest BCUT2D eigenvalue weighted by atomic mass is 10.1. The van der Waals surface area contributed by atoms with Gasteiger partial charge in [-0.15, -0.1) is 0 Å². The zero-order valence-corrected chi connectivity index (χ0v) is 14.1. The molecule has 0 aliphatic carbocycles. The Labute approximate surface area is 133 Å². The maximum absolute atomic E-state index is 5.76. The highest BCUT2D eigenvalue weighted by Gasteiger charge is 2.24. The van der Waals surface area contributed by atoms with Gasteiger partial charge in [-0.2, -0.15) is 0 Å². The molecule has 0 bridgehead atoms. The second-order valence-electron chi connectivity index (χ2n) is 5.26. The number of pyridine rings is 1. The molecule has 1 aromatic carbocycles. The number of hydrogen-bond acceptors (Lipinski definition) is 3. The number of benzene rings is 1. The highest BCUT2D eigenvalue weighted by molar-refractivity contribution is 14.1. The molecule has 106 valence electrons. The highest BCUT2D eigenvalue weighted by Crippen LogP contribution is 2.30. The van der Waals surface area contributed by atoms with Gasteiger partial charge in [0.05, 0.1) is 11.6 Å². The van der Waals surface area contributed by atoms with E-state index in [9.17, 15) is 0 Å². The van der Waals surface area contributed by atoms with Crippen molar-refractivity contribution < 1.29 is 4.74 Å². The Kier molecular flexibility index (Phi) is 4.12. The van der Waals surface area contributed by atoms with E-state index in [0.29, 0.717) is 6.10 Å². The van der Waals surface area contributed by atoms with Crippen LogP contribution >= 0.6 is 22.6 Å². The zero-order valence-electron chi connectivity index (χ0n) is 11.9. The number of fused-ring (bicyclic) bond motifs is 1. The second kappa shape index (κ2) is 5.85. The molecule has 1 aliphatic heterocycles. The fraction of sp³-hybridized carbons (Fsp3) is 0.438. The topological polar surface area (TPSA) is 25.4 Å². The smallest absolute Gasteiger partial charge is 0.0766 e. The number of hydrogen-bond donors (Lipinski definition) is 0. The molecule has 1 aromatic heterocycles. The molecular weight excluding hydrogens is 363 g/mol. The zero-order chi connectivity index (χ0) is 14.1. The monoisotopic (exact) mass is 382 g/mol. The van der Waals surface area contributed by atoms with Crippen LogP contribution in [0.15, 0.2) is 24.3 Å². The molecule has 0 spiro atoms. The molecule has 4 heteroatoms. The van der Waals surface area contributed by atoms with Gasteiger partial charge < -0.3 is 9.64 Å². The summed E-state index contributed by atoms with van der Waals surface area (Å²) in [5.74, 6) is 0. The summed E-state index contributed by atoms with van der Waals surface area (Å²) in [5.41, 5.74) is 3.47. The van der Waals surface area contributed by atoms with Crippen LogP contribution in [0.1, 0.15) is 19.0 Å². The first-order chi connectivity index (χ1) is 9.67. The lowest BCUT2D eigenvalue weighted by Crippen LogP contribution is -2.23. The van der Waals surface area contributed by atoms with Crippen molar-refractivity contribution in [3.8, 4) is 0 Å².